The average molecular weight is 505 g/mol. The van der Waals surface area contributed by atoms with Crippen molar-refractivity contribution in [3.05, 3.63) is 11.6 Å². The first-order chi connectivity index (χ1) is 17.0. The van der Waals surface area contributed by atoms with Gasteiger partial charge in [0, 0.05) is 11.3 Å². The Kier molecular flexibility index (Phi) is 5.53. The van der Waals surface area contributed by atoms with Crippen LogP contribution in [0.3, 0.4) is 0 Å². The third-order valence-corrected chi connectivity index (χ3v) is 11.1. The number of carbonyl (C=O) groups is 2. The first-order valence-corrected chi connectivity index (χ1v) is 13.6. The van der Waals surface area contributed by atoms with Crippen molar-refractivity contribution in [1.82, 2.24) is 0 Å². The van der Waals surface area contributed by atoms with Crippen LogP contribution in [0.4, 0.5) is 0 Å². The summed E-state index contributed by atoms with van der Waals surface area (Å²) >= 11 is 0. The molecule has 0 aromatic carbocycles. The van der Waals surface area contributed by atoms with Crippen molar-refractivity contribution in [1.29, 1.82) is 0 Å². The fourth-order valence-electron chi connectivity index (χ4n) is 9.38. The second kappa shape index (κ2) is 8.01. The van der Waals surface area contributed by atoms with Gasteiger partial charge in [-0.3, -0.25) is 4.79 Å². The third kappa shape index (κ3) is 3.13. The number of fused-ring (bicyclic) bond motifs is 3. The lowest BCUT2D eigenvalue weighted by Crippen LogP contribution is -2.60. The number of carboxylic acids is 1. The molecule has 0 aromatic heterocycles. The molecule has 0 radical (unpaired) electrons. The van der Waals surface area contributed by atoms with Gasteiger partial charge in [-0.25, -0.2) is 4.79 Å². The van der Waals surface area contributed by atoms with Crippen LogP contribution >= 0.6 is 0 Å². The predicted octanol–water partition coefficient (Wildman–Crippen LogP) is 4.06. The van der Waals surface area contributed by atoms with Gasteiger partial charge in [-0.05, 0) is 69.6 Å². The van der Waals surface area contributed by atoms with E-state index in [2.05, 4.69) is 26.8 Å². The molecule has 5 fully saturated rings. The molecule has 3 heterocycles. The monoisotopic (exact) mass is 504 g/mol. The number of hydrogen-bond acceptors (Lipinski definition) is 7. The highest BCUT2D eigenvalue weighted by molar-refractivity contribution is 5.72. The van der Waals surface area contributed by atoms with Crippen LogP contribution in [0.1, 0.15) is 72.6 Å². The molecule has 8 heteroatoms. The Morgan fingerprint density at radius 2 is 1.97 bits per heavy atom. The molecule has 3 aliphatic carbocycles. The molecular formula is C28H40O8. The summed E-state index contributed by atoms with van der Waals surface area (Å²) in [6.45, 7) is 9.01. The number of ether oxygens (including phenoxy) is 5. The van der Waals surface area contributed by atoms with E-state index >= 15 is 0 Å². The van der Waals surface area contributed by atoms with E-state index in [-0.39, 0.29) is 47.1 Å². The van der Waals surface area contributed by atoms with Gasteiger partial charge in [0.15, 0.2) is 17.7 Å². The fourth-order valence-corrected chi connectivity index (χ4v) is 9.38. The van der Waals surface area contributed by atoms with E-state index in [9.17, 15) is 14.7 Å². The summed E-state index contributed by atoms with van der Waals surface area (Å²) < 4.78 is 30.6. The number of methoxy groups -OCH3 is 1. The van der Waals surface area contributed by atoms with Crippen molar-refractivity contribution >= 4 is 11.9 Å². The maximum atomic E-state index is 12.1. The largest absolute Gasteiger partial charge is 0.479 e. The summed E-state index contributed by atoms with van der Waals surface area (Å²) in [6.07, 6.45) is 6.91. The minimum absolute atomic E-state index is 0.0257. The molecule has 0 unspecified atom stereocenters. The molecule has 11 atom stereocenters. The molecule has 6 rings (SSSR count). The van der Waals surface area contributed by atoms with Gasteiger partial charge in [0.1, 0.15) is 0 Å². The summed E-state index contributed by atoms with van der Waals surface area (Å²) in [5, 5.41) is 9.40. The normalized spacial score (nSPS) is 49.9. The highest BCUT2D eigenvalue weighted by Gasteiger charge is 2.83. The molecule has 3 saturated heterocycles. The van der Waals surface area contributed by atoms with Gasteiger partial charge in [0.2, 0.25) is 0 Å². The number of allylic oxidation sites excluding steroid dienone is 2. The van der Waals surface area contributed by atoms with Crippen LogP contribution in [-0.2, 0) is 33.3 Å². The lowest BCUT2D eigenvalue weighted by Gasteiger charge is -2.59. The number of aliphatic carboxylic acids is 1. The number of rotatable bonds is 6. The van der Waals surface area contributed by atoms with E-state index in [1.165, 1.54) is 19.6 Å². The van der Waals surface area contributed by atoms with Crippen LogP contribution in [-0.4, -0.2) is 60.6 Å². The quantitative estimate of drug-likeness (QED) is 0.427. The standard InChI is InChI=1S/C28H40O8/c1-15(24(30)31)34-20(13-22(29)32-5)16-8-10-25(2)17(12-16)6-7-19-18(25)9-11-26(3)23-21-14-33-27(23,4)36-28(19,26)35-21/h6,15-16,18-21,23H,7-14H2,1-5H3,(H,30,31)/t15-,16+,18+,19-,20-,21-,23+,25+,26-,27-,28+/m1/s1. The van der Waals surface area contributed by atoms with Crippen molar-refractivity contribution < 1.29 is 38.4 Å². The van der Waals surface area contributed by atoms with E-state index in [1.54, 1.807) is 0 Å². The SMILES string of the molecule is COC(=O)C[C@@H](O[C@H](C)C(=O)O)[C@H]1CC[C@@]2(C)C(=CC[C@@H]3[C@@H]2CC[C@]2(C)[C@@H]4[C@H]5CO[C@]4(C)O[C@@]32O5)C1. The summed E-state index contributed by atoms with van der Waals surface area (Å²) in [4.78, 5) is 23.6. The molecule has 8 nitrogen and oxygen atoms in total. The molecule has 6 aliphatic rings. The minimum atomic E-state index is -1.02. The molecular weight excluding hydrogens is 464 g/mol. The van der Waals surface area contributed by atoms with Gasteiger partial charge in [-0.1, -0.05) is 25.5 Å². The Morgan fingerprint density at radius 1 is 1.19 bits per heavy atom. The summed E-state index contributed by atoms with van der Waals surface area (Å²) in [7, 11) is 1.36. The van der Waals surface area contributed by atoms with Crippen molar-refractivity contribution in [3.63, 3.8) is 0 Å². The molecule has 1 N–H and O–H groups in total. The van der Waals surface area contributed by atoms with Crippen molar-refractivity contribution in [3.8, 4) is 0 Å². The first-order valence-electron chi connectivity index (χ1n) is 13.6. The topological polar surface area (TPSA) is 101 Å². The van der Waals surface area contributed by atoms with Crippen LogP contribution in [0.2, 0.25) is 0 Å². The number of carboxylic acid groups (broad SMARTS) is 1. The van der Waals surface area contributed by atoms with Gasteiger partial charge in [0.05, 0.1) is 38.3 Å². The maximum absolute atomic E-state index is 12.1. The molecule has 36 heavy (non-hydrogen) atoms. The Bertz CT molecular complexity index is 994. The van der Waals surface area contributed by atoms with Crippen LogP contribution in [0.15, 0.2) is 11.6 Å². The fraction of sp³-hybridized carbons (Fsp3) is 0.857. The second-order valence-electron chi connectivity index (χ2n) is 12.7. The van der Waals surface area contributed by atoms with Gasteiger partial charge >= 0.3 is 11.9 Å². The van der Waals surface area contributed by atoms with Crippen molar-refractivity contribution in [2.75, 3.05) is 13.7 Å². The molecule has 200 valence electrons. The number of carbonyl (C=O) groups excluding carboxylic acids is 1. The van der Waals surface area contributed by atoms with Crippen molar-refractivity contribution in [2.45, 2.75) is 103 Å². The van der Waals surface area contributed by atoms with Crippen LogP contribution in [0.25, 0.3) is 0 Å². The van der Waals surface area contributed by atoms with Crippen LogP contribution in [0, 0.1) is 34.5 Å². The molecule has 0 spiro atoms. The van der Waals surface area contributed by atoms with Gasteiger partial charge in [0.25, 0.3) is 0 Å². The van der Waals surface area contributed by atoms with Crippen LogP contribution in [0.5, 0.6) is 0 Å². The summed E-state index contributed by atoms with van der Waals surface area (Å²) in [6, 6.07) is 0. The Morgan fingerprint density at radius 3 is 2.67 bits per heavy atom. The predicted molar refractivity (Wildman–Crippen MR) is 128 cm³/mol. The molecule has 0 amide bonds. The van der Waals surface area contributed by atoms with Crippen molar-refractivity contribution in [2.24, 2.45) is 34.5 Å². The summed E-state index contributed by atoms with van der Waals surface area (Å²) in [5.74, 6) is -1.44. The lowest BCUT2D eigenvalue weighted by molar-refractivity contribution is -0.358. The van der Waals surface area contributed by atoms with Gasteiger partial charge in [-0.2, -0.15) is 0 Å². The zero-order chi connectivity index (χ0) is 25.7. The Hall–Kier alpha value is -1.48. The smallest absolute Gasteiger partial charge is 0.332 e. The lowest BCUT2D eigenvalue weighted by atomic mass is 9.47. The zero-order valence-electron chi connectivity index (χ0n) is 22.1. The Labute approximate surface area is 213 Å². The zero-order valence-corrected chi connectivity index (χ0v) is 22.1. The minimum Gasteiger partial charge on any atom is -0.479 e. The summed E-state index contributed by atoms with van der Waals surface area (Å²) in [5.41, 5.74) is 1.41. The Balaban J connectivity index is 1.27. The highest BCUT2D eigenvalue weighted by Crippen LogP contribution is 2.76. The molecule has 2 bridgehead atoms. The molecule has 3 aliphatic heterocycles. The van der Waals surface area contributed by atoms with Gasteiger partial charge in [-0.15, -0.1) is 0 Å². The van der Waals surface area contributed by atoms with Gasteiger partial charge < -0.3 is 28.8 Å². The van der Waals surface area contributed by atoms with E-state index in [4.69, 9.17) is 23.7 Å². The van der Waals surface area contributed by atoms with E-state index in [0.717, 1.165) is 38.5 Å². The first kappa shape index (κ1) is 24.8. The third-order valence-electron chi connectivity index (χ3n) is 11.1. The average Bonchev–Trinajstić information content (AvgIpc) is 3.31. The van der Waals surface area contributed by atoms with E-state index < -0.39 is 29.8 Å². The van der Waals surface area contributed by atoms with E-state index in [1.807, 2.05) is 0 Å². The van der Waals surface area contributed by atoms with Crippen LogP contribution < -0.4 is 0 Å². The molecule has 0 aromatic rings. The highest BCUT2D eigenvalue weighted by atomic mass is 16.8. The number of hydrogen-bond donors (Lipinski definition) is 1. The van der Waals surface area contributed by atoms with E-state index in [0.29, 0.717) is 12.5 Å². The second-order valence-corrected chi connectivity index (χ2v) is 12.7. The maximum Gasteiger partial charge on any atom is 0.332 e. The molecule has 2 saturated carbocycles. The number of esters is 1.